The molecule has 0 saturated heterocycles. The number of aromatic nitrogens is 1. The average Bonchev–Trinajstić information content (AvgIpc) is 2.82. The summed E-state index contributed by atoms with van der Waals surface area (Å²) in [5, 5.41) is 9.80. The molecule has 2 aromatic rings. The number of hydrogen-bond donors (Lipinski definition) is 2. The molecule has 108 valence electrons. The van der Waals surface area contributed by atoms with E-state index < -0.39 is 0 Å². The zero-order valence-electron chi connectivity index (χ0n) is 11.1. The van der Waals surface area contributed by atoms with Gasteiger partial charge in [0, 0.05) is 45.7 Å². The van der Waals surface area contributed by atoms with Gasteiger partial charge in [0.1, 0.15) is 0 Å². The number of nitrogens with zero attached hydrogens (tertiary/aromatic N) is 1. The fraction of sp³-hybridized carbons (Fsp3) is 0.357. The summed E-state index contributed by atoms with van der Waals surface area (Å²) < 4.78 is 1.86. The molecule has 0 spiro atoms. The fourth-order valence-corrected chi connectivity index (χ4v) is 2.82. The molecular weight excluding hydrogens is 388 g/mol. The van der Waals surface area contributed by atoms with Gasteiger partial charge in [-0.15, -0.1) is 0 Å². The monoisotopic (exact) mass is 402 g/mol. The smallest absolute Gasteiger partial charge is 0.256 e. The highest BCUT2D eigenvalue weighted by atomic mass is 79.9. The number of carbonyl (C=O) groups excluding carboxylic acids is 1. The van der Waals surface area contributed by atoms with Gasteiger partial charge in [-0.25, -0.2) is 0 Å². The van der Waals surface area contributed by atoms with Crippen molar-refractivity contribution in [2.45, 2.75) is 13.3 Å². The van der Waals surface area contributed by atoms with Gasteiger partial charge in [0.05, 0.1) is 5.56 Å². The number of halogens is 2. The molecular formula is C14H16Br2N2O2. The van der Waals surface area contributed by atoms with E-state index in [1.54, 1.807) is 11.1 Å². The van der Waals surface area contributed by atoms with Crippen LogP contribution in [0.4, 0.5) is 0 Å². The molecule has 0 fully saturated rings. The van der Waals surface area contributed by atoms with E-state index in [9.17, 15) is 4.79 Å². The summed E-state index contributed by atoms with van der Waals surface area (Å²) in [4.78, 5) is 17.4. The summed E-state index contributed by atoms with van der Waals surface area (Å²) in [5.41, 5.74) is 1.58. The lowest BCUT2D eigenvalue weighted by atomic mass is 10.1. The van der Waals surface area contributed by atoms with Crippen LogP contribution < -0.4 is 0 Å². The third-order valence-corrected chi connectivity index (χ3v) is 5.05. The maximum absolute atomic E-state index is 12.6. The van der Waals surface area contributed by atoms with Gasteiger partial charge in [-0.2, -0.15) is 0 Å². The van der Waals surface area contributed by atoms with E-state index in [1.165, 1.54) is 0 Å². The Bertz CT molecular complexity index is 625. The van der Waals surface area contributed by atoms with Crippen molar-refractivity contribution >= 4 is 48.7 Å². The zero-order chi connectivity index (χ0) is 14.7. The Balaban J connectivity index is 2.36. The molecule has 0 aliphatic carbocycles. The quantitative estimate of drug-likeness (QED) is 0.802. The molecule has 4 nitrogen and oxygen atoms in total. The van der Waals surface area contributed by atoms with Gasteiger partial charge in [0.25, 0.3) is 5.91 Å². The van der Waals surface area contributed by atoms with E-state index in [4.69, 9.17) is 5.11 Å². The molecule has 0 saturated carbocycles. The SMILES string of the molecule is CCN(CCCO)C(=O)c1c[nH]c2cc(Br)c(Br)cc12. The van der Waals surface area contributed by atoms with E-state index >= 15 is 0 Å². The molecule has 0 aliphatic rings. The van der Waals surface area contributed by atoms with Crippen molar-refractivity contribution in [2.24, 2.45) is 0 Å². The number of fused-ring (bicyclic) bond motifs is 1. The maximum Gasteiger partial charge on any atom is 0.256 e. The molecule has 0 unspecified atom stereocenters. The van der Waals surface area contributed by atoms with Crippen molar-refractivity contribution in [3.8, 4) is 0 Å². The van der Waals surface area contributed by atoms with Crippen LogP contribution in [0.3, 0.4) is 0 Å². The molecule has 2 N–H and O–H groups in total. The van der Waals surface area contributed by atoms with Gasteiger partial charge in [-0.3, -0.25) is 4.79 Å². The largest absolute Gasteiger partial charge is 0.396 e. The summed E-state index contributed by atoms with van der Waals surface area (Å²) >= 11 is 6.91. The molecule has 2 rings (SSSR count). The van der Waals surface area contributed by atoms with Crippen molar-refractivity contribution in [2.75, 3.05) is 19.7 Å². The van der Waals surface area contributed by atoms with Gasteiger partial charge in [0.2, 0.25) is 0 Å². The van der Waals surface area contributed by atoms with Crippen LogP contribution in [0.25, 0.3) is 10.9 Å². The first-order chi connectivity index (χ1) is 9.58. The number of hydrogen-bond acceptors (Lipinski definition) is 2. The summed E-state index contributed by atoms with van der Waals surface area (Å²) in [6.07, 6.45) is 2.34. The average molecular weight is 404 g/mol. The van der Waals surface area contributed by atoms with Crippen LogP contribution in [0.1, 0.15) is 23.7 Å². The maximum atomic E-state index is 12.6. The Morgan fingerprint density at radius 3 is 2.70 bits per heavy atom. The van der Waals surface area contributed by atoms with E-state index in [1.807, 2.05) is 19.1 Å². The number of carbonyl (C=O) groups is 1. The lowest BCUT2D eigenvalue weighted by Gasteiger charge is -2.20. The molecule has 0 radical (unpaired) electrons. The van der Waals surface area contributed by atoms with E-state index in [0.29, 0.717) is 25.1 Å². The van der Waals surface area contributed by atoms with Gasteiger partial charge in [-0.05, 0) is 57.3 Å². The summed E-state index contributed by atoms with van der Waals surface area (Å²) in [6.45, 7) is 3.23. The van der Waals surface area contributed by atoms with Crippen molar-refractivity contribution in [1.82, 2.24) is 9.88 Å². The topological polar surface area (TPSA) is 56.3 Å². The predicted molar refractivity (Wildman–Crippen MR) is 87.0 cm³/mol. The number of rotatable bonds is 5. The lowest BCUT2D eigenvalue weighted by Crippen LogP contribution is -2.32. The second-order valence-electron chi connectivity index (χ2n) is 4.48. The molecule has 0 bridgehead atoms. The Kier molecular flexibility index (Phi) is 5.23. The minimum Gasteiger partial charge on any atom is -0.396 e. The molecule has 1 heterocycles. The van der Waals surface area contributed by atoms with E-state index in [-0.39, 0.29) is 12.5 Å². The van der Waals surface area contributed by atoms with Crippen LogP contribution in [-0.4, -0.2) is 40.6 Å². The normalized spacial score (nSPS) is 11.0. The predicted octanol–water partition coefficient (Wildman–Crippen LogP) is 3.54. The van der Waals surface area contributed by atoms with Gasteiger partial charge >= 0.3 is 0 Å². The highest BCUT2D eigenvalue weighted by Crippen LogP contribution is 2.30. The number of aliphatic hydroxyl groups is 1. The third-order valence-electron chi connectivity index (χ3n) is 3.21. The number of amides is 1. The van der Waals surface area contributed by atoms with Crippen molar-refractivity contribution < 1.29 is 9.90 Å². The highest BCUT2D eigenvalue weighted by molar-refractivity contribution is 9.13. The zero-order valence-corrected chi connectivity index (χ0v) is 14.3. The van der Waals surface area contributed by atoms with Crippen molar-refractivity contribution in [1.29, 1.82) is 0 Å². The number of aromatic amines is 1. The first kappa shape index (κ1) is 15.5. The number of nitrogens with one attached hydrogen (secondary N) is 1. The Labute approximate surface area is 134 Å². The van der Waals surface area contributed by atoms with Crippen LogP contribution in [0, 0.1) is 0 Å². The summed E-state index contributed by atoms with van der Waals surface area (Å²) in [5.74, 6) is -0.0126. The highest BCUT2D eigenvalue weighted by Gasteiger charge is 2.18. The standard InChI is InChI=1S/C14H16Br2N2O2/c1-2-18(4-3-5-19)14(20)10-8-17-13-7-12(16)11(15)6-9(10)13/h6-8,17,19H,2-5H2,1H3. The van der Waals surface area contributed by atoms with Crippen LogP contribution in [0.2, 0.25) is 0 Å². The summed E-state index contributed by atoms with van der Waals surface area (Å²) in [7, 11) is 0. The second kappa shape index (κ2) is 6.74. The molecule has 1 aromatic carbocycles. The van der Waals surface area contributed by atoms with E-state index in [2.05, 4.69) is 36.8 Å². The Hall–Kier alpha value is -0.850. The van der Waals surface area contributed by atoms with Crippen molar-refractivity contribution in [3.63, 3.8) is 0 Å². The molecule has 1 aromatic heterocycles. The van der Waals surface area contributed by atoms with Gasteiger partial charge in [0.15, 0.2) is 0 Å². The molecule has 0 atom stereocenters. The second-order valence-corrected chi connectivity index (χ2v) is 6.18. The first-order valence-electron chi connectivity index (χ1n) is 6.44. The van der Waals surface area contributed by atoms with Gasteiger partial charge in [-0.1, -0.05) is 0 Å². The van der Waals surface area contributed by atoms with Gasteiger partial charge < -0.3 is 15.0 Å². The van der Waals surface area contributed by atoms with E-state index in [0.717, 1.165) is 19.8 Å². The third kappa shape index (κ3) is 3.07. The molecule has 6 heteroatoms. The molecule has 0 aliphatic heterocycles. The van der Waals surface area contributed by atoms with Crippen LogP contribution >= 0.6 is 31.9 Å². The van der Waals surface area contributed by atoms with Crippen molar-refractivity contribution in [3.05, 3.63) is 32.8 Å². The van der Waals surface area contributed by atoms with Crippen LogP contribution in [-0.2, 0) is 0 Å². The lowest BCUT2D eigenvalue weighted by molar-refractivity contribution is 0.0756. The fourth-order valence-electron chi connectivity index (χ4n) is 2.13. The number of aliphatic hydroxyl groups excluding tert-OH is 1. The Morgan fingerprint density at radius 1 is 1.35 bits per heavy atom. The number of benzene rings is 1. The molecule has 20 heavy (non-hydrogen) atoms. The minimum atomic E-state index is -0.0126. The molecule has 1 amide bonds. The summed E-state index contributed by atoms with van der Waals surface area (Å²) in [6, 6.07) is 3.88. The number of H-pyrrole nitrogens is 1. The minimum absolute atomic E-state index is 0.0126. The van der Waals surface area contributed by atoms with Crippen LogP contribution in [0.15, 0.2) is 27.3 Å². The van der Waals surface area contributed by atoms with Crippen LogP contribution in [0.5, 0.6) is 0 Å². The Morgan fingerprint density at radius 2 is 2.05 bits per heavy atom. The first-order valence-corrected chi connectivity index (χ1v) is 8.03.